The first kappa shape index (κ1) is 12.0. The zero-order valence-corrected chi connectivity index (χ0v) is 10.0. The van der Waals surface area contributed by atoms with Gasteiger partial charge in [0, 0.05) is 23.7 Å². The van der Waals surface area contributed by atoms with Crippen molar-refractivity contribution in [1.82, 2.24) is 5.32 Å². The van der Waals surface area contributed by atoms with Gasteiger partial charge in [-0.05, 0) is 18.4 Å². The number of hydrogen-bond acceptors (Lipinski definition) is 2. The van der Waals surface area contributed by atoms with Crippen molar-refractivity contribution in [3.8, 4) is 0 Å². The van der Waals surface area contributed by atoms with Crippen molar-refractivity contribution in [3.63, 3.8) is 0 Å². The zero-order chi connectivity index (χ0) is 11.5. The summed E-state index contributed by atoms with van der Waals surface area (Å²) in [5.41, 5.74) is 1.81. The molecular weight excluding hydrogens is 186 g/mol. The Morgan fingerprint density at radius 1 is 1.53 bits per heavy atom. The Bertz CT molecular complexity index is 300. The van der Waals surface area contributed by atoms with E-state index in [1.165, 1.54) is 6.42 Å². The van der Waals surface area contributed by atoms with Crippen LogP contribution in [0, 0.1) is 5.41 Å². The molecule has 0 amide bonds. The Hall–Kier alpha value is -1.05. The highest BCUT2D eigenvalue weighted by molar-refractivity contribution is 6.05. The molecule has 0 aromatic carbocycles. The van der Waals surface area contributed by atoms with E-state index in [2.05, 4.69) is 32.7 Å². The van der Waals surface area contributed by atoms with E-state index in [0.29, 0.717) is 0 Å². The molecule has 0 spiro atoms. The molecule has 1 aliphatic carbocycles. The number of carbonyl (C=O) groups excluding carboxylic acids is 1. The van der Waals surface area contributed by atoms with E-state index >= 15 is 0 Å². The van der Waals surface area contributed by atoms with Crippen LogP contribution in [0.25, 0.3) is 0 Å². The van der Waals surface area contributed by atoms with Crippen LogP contribution in [0.2, 0.25) is 0 Å². The smallest absolute Gasteiger partial charge is 0.182 e. The van der Waals surface area contributed by atoms with Crippen LogP contribution in [0.3, 0.4) is 0 Å². The maximum Gasteiger partial charge on any atom is 0.182 e. The number of carbonyl (C=O) groups is 1. The molecule has 0 heterocycles. The van der Waals surface area contributed by atoms with Gasteiger partial charge in [-0.15, -0.1) is 0 Å². The van der Waals surface area contributed by atoms with Crippen molar-refractivity contribution in [2.24, 2.45) is 5.41 Å². The molecule has 2 nitrogen and oxygen atoms in total. The molecule has 0 aromatic heterocycles. The van der Waals surface area contributed by atoms with E-state index < -0.39 is 0 Å². The first-order valence-corrected chi connectivity index (χ1v) is 5.65. The fourth-order valence-corrected chi connectivity index (χ4v) is 1.83. The SMILES string of the molecule is C=C1CC(C)(C)C(NCCCC)=CC1=O. The van der Waals surface area contributed by atoms with Crippen molar-refractivity contribution < 1.29 is 4.79 Å². The molecule has 0 atom stereocenters. The highest BCUT2D eigenvalue weighted by atomic mass is 16.1. The topological polar surface area (TPSA) is 29.1 Å². The van der Waals surface area contributed by atoms with Crippen molar-refractivity contribution in [1.29, 1.82) is 0 Å². The quantitative estimate of drug-likeness (QED) is 0.567. The van der Waals surface area contributed by atoms with Crippen LogP contribution in [0.1, 0.15) is 40.0 Å². The highest BCUT2D eigenvalue weighted by Crippen LogP contribution is 2.35. The molecule has 1 N–H and O–H groups in total. The van der Waals surface area contributed by atoms with Crippen LogP contribution in [-0.4, -0.2) is 12.3 Å². The minimum Gasteiger partial charge on any atom is -0.388 e. The van der Waals surface area contributed by atoms with Gasteiger partial charge in [0.1, 0.15) is 0 Å². The van der Waals surface area contributed by atoms with Gasteiger partial charge in [-0.1, -0.05) is 33.8 Å². The van der Waals surface area contributed by atoms with Crippen molar-refractivity contribution in [2.75, 3.05) is 6.54 Å². The van der Waals surface area contributed by atoms with Crippen LogP contribution in [-0.2, 0) is 4.79 Å². The molecule has 0 radical (unpaired) electrons. The Morgan fingerprint density at radius 3 is 2.80 bits per heavy atom. The van der Waals surface area contributed by atoms with E-state index in [9.17, 15) is 4.79 Å². The molecule has 0 bridgehead atoms. The average molecular weight is 207 g/mol. The Morgan fingerprint density at radius 2 is 2.20 bits per heavy atom. The molecular formula is C13H21NO. The summed E-state index contributed by atoms with van der Waals surface area (Å²) in [7, 11) is 0. The van der Waals surface area contributed by atoms with Gasteiger partial charge in [0.05, 0.1) is 0 Å². The number of ketones is 1. The van der Waals surface area contributed by atoms with E-state index in [-0.39, 0.29) is 11.2 Å². The van der Waals surface area contributed by atoms with Gasteiger partial charge in [-0.25, -0.2) is 0 Å². The molecule has 0 saturated carbocycles. The van der Waals surface area contributed by atoms with Crippen LogP contribution in [0.5, 0.6) is 0 Å². The van der Waals surface area contributed by atoms with E-state index in [1.807, 2.05) is 0 Å². The van der Waals surface area contributed by atoms with Crippen LogP contribution >= 0.6 is 0 Å². The number of hydrogen-bond donors (Lipinski definition) is 1. The van der Waals surface area contributed by atoms with Gasteiger partial charge < -0.3 is 5.32 Å². The molecule has 0 fully saturated rings. The summed E-state index contributed by atoms with van der Waals surface area (Å²) in [4.78, 5) is 11.5. The van der Waals surface area contributed by atoms with Gasteiger partial charge in [0.15, 0.2) is 5.78 Å². The molecule has 2 heteroatoms. The molecule has 84 valence electrons. The third kappa shape index (κ3) is 2.95. The summed E-state index contributed by atoms with van der Waals surface area (Å²) in [6, 6.07) is 0. The van der Waals surface area contributed by atoms with Crippen molar-refractivity contribution >= 4 is 5.78 Å². The van der Waals surface area contributed by atoms with Crippen LogP contribution in [0.4, 0.5) is 0 Å². The summed E-state index contributed by atoms with van der Waals surface area (Å²) in [5, 5.41) is 3.36. The Labute approximate surface area is 92.4 Å². The lowest BCUT2D eigenvalue weighted by Crippen LogP contribution is -2.32. The minimum atomic E-state index is 0.0265. The molecule has 15 heavy (non-hydrogen) atoms. The predicted molar refractivity (Wildman–Crippen MR) is 63.5 cm³/mol. The van der Waals surface area contributed by atoms with E-state index in [4.69, 9.17) is 0 Å². The number of rotatable bonds is 4. The lowest BCUT2D eigenvalue weighted by Gasteiger charge is -2.32. The summed E-state index contributed by atoms with van der Waals surface area (Å²) in [6.45, 7) is 11.2. The third-order valence-electron chi connectivity index (χ3n) is 2.85. The van der Waals surface area contributed by atoms with E-state index in [0.717, 1.165) is 30.7 Å². The Balaban J connectivity index is 2.71. The van der Waals surface area contributed by atoms with E-state index in [1.54, 1.807) is 6.08 Å². The fourth-order valence-electron chi connectivity index (χ4n) is 1.83. The molecule has 1 rings (SSSR count). The largest absolute Gasteiger partial charge is 0.388 e. The number of unbranched alkanes of at least 4 members (excludes halogenated alkanes) is 1. The van der Waals surface area contributed by atoms with Gasteiger partial charge in [0.25, 0.3) is 0 Å². The third-order valence-corrected chi connectivity index (χ3v) is 2.85. The fraction of sp³-hybridized carbons (Fsp3) is 0.615. The van der Waals surface area contributed by atoms with Crippen molar-refractivity contribution in [2.45, 2.75) is 40.0 Å². The average Bonchev–Trinajstić information content (AvgIpc) is 2.13. The van der Waals surface area contributed by atoms with Gasteiger partial charge in [0.2, 0.25) is 0 Å². The maximum absolute atomic E-state index is 11.5. The van der Waals surface area contributed by atoms with Gasteiger partial charge >= 0.3 is 0 Å². The normalized spacial score (nSPS) is 20.1. The summed E-state index contributed by atoms with van der Waals surface area (Å²) < 4.78 is 0. The lowest BCUT2D eigenvalue weighted by molar-refractivity contribution is -0.112. The summed E-state index contributed by atoms with van der Waals surface area (Å²) in [5.74, 6) is 0.0772. The first-order chi connectivity index (χ1) is 6.97. The predicted octanol–water partition coefficient (Wildman–Crippen LogP) is 2.82. The monoisotopic (exact) mass is 207 g/mol. The molecule has 0 unspecified atom stereocenters. The van der Waals surface area contributed by atoms with Crippen LogP contribution < -0.4 is 5.32 Å². The zero-order valence-electron chi connectivity index (χ0n) is 10.0. The Kier molecular flexibility index (Phi) is 3.72. The van der Waals surface area contributed by atoms with Crippen molar-refractivity contribution in [3.05, 3.63) is 23.9 Å². The standard InChI is InChI=1S/C13H21NO/c1-5-6-7-14-12-8-11(15)10(2)9-13(12,3)4/h8,14H,2,5-7,9H2,1,3-4H3. The van der Waals surface area contributed by atoms with Gasteiger partial charge in [-0.3, -0.25) is 4.79 Å². The second kappa shape index (κ2) is 4.65. The number of allylic oxidation sites excluding steroid dienone is 3. The second-order valence-electron chi connectivity index (χ2n) is 4.87. The van der Waals surface area contributed by atoms with Crippen LogP contribution in [0.15, 0.2) is 23.9 Å². The second-order valence-corrected chi connectivity index (χ2v) is 4.87. The molecule has 0 saturated heterocycles. The summed E-state index contributed by atoms with van der Waals surface area (Å²) >= 11 is 0. The minimum absolute atomic E-state index is 0.0265. The highest BCUT2D eigenvalue weighted by Gasteiger charge is 2.30. The maximum atomic E-state index is 11.5. The van der Waals surface area contributed by atoms with Gasteiger partial charge in [-0.2, -0.15) is 0 Å². The molecule has 0 aromatic rings. The molecule has 1 aliphatic rings. The summed E-state index contributed by atoms with van der Waals surface area (Å²) in [6.07, 6.45) is 4.78. The lowest BCUT2D eigenvalue weighted by atomic mass is 9.77. The number of nitrogens with one attached hydrogen (secondary N) is 1. The molecule has 0 aliphatic heterocycles. The first-order valence-electron chi connectivity index (χ1n) is 5.65.